The molecule has 0 saturated carbocycles. The maximum Gasteiger partial charge on any atom is 0.333 e. The Kier molecular flexibility index (Phi) is 7.63. The van der Waals surface area contributed by atoms with Crippen LogP contribution in [0.5, 0.6) is 11.5 Å². The number of nitrogens with zero attached hydrogens (tertiary/aromatic N) is 3. The van der Waals surface area contributed by atoms with Crippen LogP contribution in [0, 0.1) is 0 Å². The van der Waals surface area contributed by atoms with Crippen molar-refractivity contribution in [2.75, 3.05) is 39.4 Å². The Hall–Kier alpha value is -2.66. The number of carbonyl (C=O) groups excluding carboxylic acids is 2. The van der Waals surface area contributed by atoms with E-state index < -0.39 is 5.97 Å². The topological polar surface area (TPSA) is 107 Å². The van der Waals surface area contributed by atoms with Crippen LogP contribution in [0.3, 0.4) is 0 Å². The van der Waals surface area contributed by atoms with Gasteiger partial charge in [-0.15, -0.1) is 5.10 Å². The normalized spacial score (nSPS) is 15.0. The highest BCUT2D eigenvalue weighted by molar-refractivity contribution is 8.04. The number of H-pyrrole nitrogens is 1. The minimum Gasteiger partial charge on any atom is -0.497 e. The number of amides is 1. The van der Waals surface area contributed by atoms with Crippen LogP contribution in [0.25, 0.3) is 11.4 Å². The maximum atomic E-state index is 12.0. The molecule has 9 nitrogen and oxygen atoms in total. The highest BCUT2D eigenvalue weighted by Gasteiger charge is 2.27. The molecule has 2 aromatic rings. The number of thioether (sulfide) groups is 2. The van der Waals surface area contributed by atoms with Crippen LogP contribution >= 0.6 is 23.5 Å². The minimum atomic E-state index is -0.464. The predicted octanol–water partition coefficient (Wildman–Crippen LogP) is 2.56. The largest absolute Gasteiger partial charge is 0.497 e. The third-order valence-electron chi connectivity index (χ3n) is 4.24. The molecule has 1 saturated heterocycles. The van der Waals surface area contributed by atoms with Gasteiger partial charge in [-0.05, 0) is 18.6 Å². The molecule has 0 bridgehead atoms. The quantitative estimate of drug-likeness (QED) is 0.267. The fourth-order valence-corrected chi connectivity index (χ4v) is 4.42. The number of hydrogen-bond donors (Lipinski definition) is 1. The lowest BCUT2D eigenvalue weighted by atomic mass is 10.2. The van der Waals surface area contributed by atoms with Crippen molar-refractivity contribution in [2.24, 2.45) is 0 Å². The van der Waals surface area contributed by atoms with E-state index in [1.807, 2.05) is 12.1 Å². The van der Waals surface area contributed by atoms with Crippen LogP contribution in [-0.4, -0.2) is 71.3 Å². The summed E-state index contributed by atoms with van der Waals surface area (Å²) in [6, 6.07) is 5.48. The average Bonchev–Trinajstić information content (AvgIpc) is 3.37. The fraction of sp³-hybridized carbons (Fsp3) is 0.368. The molecular weight excluding hydrogens is 428 g/mol. The molecule has 2 heterocycles. The highest BCUT2D eigenvalue weighted by Crippen LogP contribution is 2.32. The first-order valence-corrected chi connectivity index (χ1v) is 11.0. The molecule has 160 valence electrons. The van der Waals surface area contributed by atoms with E-state index in [9.17, 15) is 9.59 Å². The highest BCUT2D eigenvalue weighted by atomic mass is 32.2. The summed E-state index contributed by atoms with van der Waals surface area (Å²) < 4.78 is 15.3. The number of rotatable bonds is 9. The lowest BCUT2D eigenvalue weighted by molar-refractivity contribution is -0.134. The molecule has 3 rings (SSSR count). The Bertz CT molecular complexity index is 947. The number of hydrogen-bond acceptors (Lipinski definition) is 9. The van der Waals surface area contributed by atoms with Crippen LogP contribution in [0.4, 0.5) is 0 Å². The zero-order valence-electron chi connectivity index (χ0n) is 16.8. The van der Waals surface area contributed by atoms with Gasteiger partial charge in [-0.25, -0.2) is 9.78 Å². The van der Waals surface area contributed by atoms with Crippen molar-refractivity contribution in [3.8, 4) is 22.9 Å². The molecule has 1 aromatic heterocycles. The average molecular weight is 451 g/mol. The third-order valence-corrected chi connectivity index (χ3v) is 6.20. The lowest BCUT2D eigenvalue weighted by Crippen LogP contribution is -2.26. The van der Waals surface area contributed by atoms with Crippen molar-refractivity contribution in [3.05, 3.63) is 29.3 Å². The van der Waals surface area contributed by atoms with Crippen LogP contribution in [0.2, 0.25) is 0 Å². The minimum absolute atomic E-state index is 0.00747. The van der Waals surface area contributed by atoms with Crippen LogP contribution in [0.1, 0.15) is 6.42 Å². The molecule has 0 aliphatic carbocycles. The Morgan fingerprint density at radius 3 is 2.90 bits per heavy atom. The van der Waals surface area contributed by atoms with E-state index in [1.165, 1.54) is 36.7 Å². The Morgan fingerprint density at radius 1 is 1.33 bits per heavy atom. The summed E-state index contributed by atoms with van der Waals surface area (Å²) in [6.07, 6.45) is 2.08. The first-order chi connectivity index (χ1) is 14.5. The summed E-state index contributed by atoms with van der Waals surface area (Å²) in [7, 11) is 4.50. The van der Waals surface area contributed by atoms with Crippen molar-refractivity contribution >= 4 is 35.4 Å². The number of aromatic amines is 1. The molecule has 1 aliphatic heterocycles. The van der Waals surface area contributed by atoms with E-state index in [0.29, 0.717) is 39.8 Å². The van der Waals surface area contributed by atoms with Gasteiger partial charge in [0.25, 0.3) is 0 Å². The van der Waals surface area contributed by atoms with Crippen molar-refractivity contribution in [1.29, 1.82) is 0 Å². The van der Waals surface area contributed by atoms with Gasteiger partial charge < -0.3 is 19.1 Å². The molecule has 0 radical (unpaired) electrons. The number of ether oxygens (including phenoxy) is 3. The fourth-order valence-electron chi connectivity index (χ4n) is 2.74. The molecular formula is C19H22N4O5S2. The number of carbonyl (C=O) groups is 2. The SMILES string of the molecule is COC(=O)/C=C1/SCC(=O)N1CCCSc1n[nH]c(-c2ccc(OC)cc2OC)n1. The molecule has 1 amide bonds. The molecule has 1 aromatic carbocycles. The van der Waals surface area contributed by atoms with Gasteiger partial charge in [0, 0.05) is 18.4 Å². The lowest BCUT2D eigenvalue weighted by Gasteiger charge is -2.16. The number of esters is 1. The monoisotopic (exact) mass is 450 g/mol. The molecule has 1 aliphatic rings. The second-order valence-electron chi connectivity index (χ2n) is 6.07. The molecule has 1 fully saturated rings. The summed E-state index contributed by atoms with van der Waals surface area (Å²) >= 11 is 2.83. The van der Waals surface area contributed by atoms with Gasteiger partial charge in [-0.2, -0.15) is 0 Å². The second kappa shape index (κ2) is 10.4. The molecule has 30 heavy (non-hydrogen) atoms. The van der Waals surface area contributed by atoms with Crippen LogP contribution in [-0.2, 0) is 14.3 Å². The molecule has 1 N–H and O–H groups in total. The number of aromatic nitrogens is 3. The molecule has 0 atom stereocenters. The molecule has 0 unspecified atom stereocenters. The third kappa shape index (κ3) is 5.28. The number of benzene rings is 1. The standard InChI is InChI=1S/C19H22N4O5S2/c1-26-12-5-6-13(14(9-12)27-2)18-20-19(22-21-18)29-8-4-7-23-15(24)11-30-16(23)10-17(25)28-3/h5-6,9-10H,4,7-8,11H2,1-3H3,(H,20,21,22)/b16-10+. The van der Waals surface area contributed by atoms with Gasteiger partial charge in [0.1, 0.15) is 11.5 Å². The number of methoxy groups -OCH3 is 3. The Balaban J connectivity index is 1.56. The van der Waals surface area contributed by atoms with Gasteiger partial charge in [0.15, 0.2) is 5.82 Å². The van der Waals surface area contributed by atoms with Crippen molar-refractivity contribution in [1.82, 2.24) is 20.1 Å². The van der Waals surface area contributed by atoms with E-state index >= 15 is 0 Å². The van der Waals surface area contributed by atoms with Crippen LogP contribution in [0.15, 0.2) is 34.5 Å². The van der Waals surface area contributed by atoms with E-state index in [0.717, 1.165) is 17.7 Å². The maximum absolute atomic E-state index is 12.0. The zero-order chi connectivity index (χ0) is 21.5. The predicted molar refractivity (Wildman–Crippen MR) is 115 cm³/mol. The van der Waals surface area contributed by atoms with E-state index in [1.54, 1.807) is 25.2 Å². The first kappa shape index (κ1) is 22.0. The van der Waals surface area contributed by atoms with Gasteiger partial charge in [-0.1, -0.05) is 23.5 Å². The van der Waals surface area contributed by atoms with Gasteiger partial charge in [-0.3, -0.25) is 9.89 Å². The summed E-state index contributed by atoms with van der Waals surface area (Å²) in [5.41, 5.74) is 0.787. The summed E-state index contributed by atoms with van der Waals surface area (Å²) in [5, 5.41) is 8.41. The Labute approximate surface area is 182 Å². The Morgan fingerprint density at radius 2 is 2.17 bits per heavy atom. The van der Waals surface area contributed by atoms with Crippen LogP contribution < -0.4 is 9.47 Å². The summed E-state index contributed by atoms with van der Waals surface area (Å²) in [4.78, 5) is 29.6. The second-order valence-corrected chi connectivity index (χ2v) is 8.13. The van der Waals surface area contributed by atoms with E-state index in [-0.39, 0.29) is 5.91 Å². The van der Waals surface area contributed by atoms with Crippen molar-refractivity contribution < 1.29 is 23.8 Å². The number of nitrogens with one attached hydrogen (secondary N) is 1. The first-order valence-electron chi connectivity index (χ1n) is 9.06. The zero-order valence-corrected chi connectivity index (χ0v) is 18.5. The van der Waals surface area contributed by atoms with E-state index in [4.69, 9.17) is 9.47 Å². The summed E-state index contributed by atoms with van der Waals surface area (Å²) in [6.45, 7) is 0.519. The van der Waals surface area contributed by atoms with Gasteiger partial charge >= 0.3 is 5.97 Å². The molecule has 0 spiro atoms. The molecule has 11 heteroatoms. The van der Waals surface area contributed by atoms with Gasteiger partial charge in [0.2, 0.25) is 11.1 Å². The smallest absolute Gasteiger partial charge is 0.333 e. The van der Waals surface area contributed by atoms with E-state index in [2.05, 4.69) is 19.9 Å². The van der Waals surface area contributed by atoms with Crippen molar-refractivity contribution in [3.63, 3.8) is 0 Å². The van der Waals surface area contributed by atoms with Crippen molar-refractivity contribution in [2.45, 2.75) is 11.6 Å². The summed E-state index contributed by atoms with van der Waals surface area (Å²) in [5.74, 6) is 2.52. The van der Waals surface area contributed by atoms with Gasteiger partial charge in [0.05, 0.1) is 43.8 Å².